The molecule has 1 unspecified atom stereocenters. The Labute approximate surface area is 491 Å². The smallest absolute Gasteiger partial charge is 0.306 e. The minimum atomic E-state index is -0.775. The van der Waals surface area contributed by atoms with Gasteiger partial charge in [0.2, 0.25) is 0 Å². The molecule has 0 aromatic carbocycles. The molecule has 6 nitrogen and oxygen atoms in total. The number of unbranched alkanes of at least 4 members (excludes halogenated alkanes) is 43. The summed E-state index contributed by atoms with van der Waals surface area (Å²) in [6.07, 6.45) is 86.8. The summed E-state index contributed by atoms with van der Waals surface area (Å²) in [5.41, 5.74) is 0. The van der Waals surface area contributed by atoms with Crippen molar-refractivity contribution in [2.24, 2.45) is 0 Å². The van der Waals surface area contributed by atoms with Gasteiger partial charge in [-0.25, -0.2) is 0 Å². The third-order valence-electron chi connectivity index (χ3n) is 15.5. The van der Waals surface area contributed by atoms with E-state index in [4.69, 9.17) is 14.2 Å². The molecule has 1 atom stereocenters. The summed E-state index contributed by atoms with van der Waals surface area (Å²) >= 11 is 0. The lowest BCUT2D eigenvalue weighted by Gasteiger charge is -2.18. The summed E-state index contributed by atoms with van der Waals surface area (Å²) in [4.78, 5) is 38.4. The summed E-state index contributed by atoms with van der Waals surface area (Å²) < 4.78 is 17.0. The lowest BCUT2D eigenvalue weighted by molar-refractivity contribution is -0.167. The second-order valence-corrected chi connectivity index (χ2v) is 23.4. The second kappa shape index (κ2) is 67.6. The van der Waals surface area contributed by atoms with Crippen LogP contribution in [0.5, 0.6) is 0 Å². The van der Waals surface area contributed by atoms with Gasteiger partial charge in [0.05, 0.1) is 0 Å². The van der Waals surface area contributed by atoms with Gasteiger partial charge in [-0.1, -0.05) is 326 Å². The maximum atomic E-state index is 12.9. The van der Waals surface area contributed by atoms with Crippen LogP contribution >= 0.6 is 0 Å². The van der Waals surface area contributed by atoms with Crippen LogP contribution in [0.3, 0.4) is 0 Å². The van der Waals surface area contributed by atoms with Crippen molar-refractivity contribution in [1.29, 1.82) is 0 Å². The van der Waals surface area contributed by atoms with E-state index in [0.29, 0.717) is 19.3 Å². The van der Waals surface area contributed by atoms with Crippen LogP contribution < -0.4 is 0 Å². The highest BCUT2D eigenvalue weighted by Gasteiger charge is 2.19. The van der Waals surface area contributed by atoms with Crippen molar-refractivity contribution in [3.8, 4) is 0 Å². The van der Waals surface area contributed by atoms with Gasteiger partial charge in [0.25, 0.3) is 0 Å². The van der Waals surface area contributed by atoms with Gasteiger partial charge >= 0.3 is 17.9 Å². The summed E-state index contributed by atoms with van der Waals surface area (Å²) in [7, 11) is 0. The van der Waals surface area contributed by atoms with E-state index in [0.717, 1.165) is 83.5 Å². The molecular formula is C73H132O6. The quantitative estimate of drug-likeness (QED) is 0.0261. The van der Waals surface area contributed by atoms with Crippen molar-refractivity contribution < 1.29 is 28.6 Å². The zero-order valence-electron chi connectivity index (χ0n) is 52.9. The lowest BCUT2D eigenvalue weighted by Crippen LogP contribution is -2.30. The van der Waals surface area contributed by atoms with Gasteiger partial charge < -0.3 is 14.2 Å². The van der Waals surface area contributed by atoms with Crippen molar-refractivity contribution in [3.63, 3.8) is 0 Å². The Morgan fingerprint density at radius 1 is 0.266 bits per heavy atom. The average molecular weight is 1110 g/mol. The van der Waals surface area contributed by atoms with Crippen LogP contribution in [0.4, 0.5) is 0 Å². The predicted molar refractivity (Wildman–Crippen MR) is 344 cm³/mol. The number of carbonyl (C=O) groups excluding carboxylic acids is 3. The Bertz CT molecular complexity index is 1410. The standard InChI is InChI=1S/C73H132O6/c1-4-7-10-13-16-19-22-24-26-28-30-32-34-35-36-37-39-40-42-44-46-48-51-54-57-60-63-66-72(75)78-69-70(68-77-71(74)65-62-59-56-53-50-21-18-15-12-9-6-3)79-73(76)67-64-61-58-55-52-49-47-45-43-41-38-33-31-29-27-25-23-20-17-14-11-8-5-2/h8,11,17,20,25,27-28,30-31,33,70H,4-7,9-10,12-16,18-19,21-24,26,29,32,34-69H2,1-3H3/b11-8-,20-17-,27-25-,30-28-,33-31-. The molecule has 0 bridgehead atoms. The van der Waals surface area contributed by atoms with Gasteiger partial charge in [-0.15, -0.1) is 0 Å². The Morgan fingerprint density at radius 2 is 0.494 bits per heavy atom. The molecule has 0 rings (SSSR count). The first-order valence-electron chi connectivity index (χ1n) is 34.8. The van der Waals surface area contributed by atoms with E-state index in [-0.39, 0.29) is 31.1 Å². The van der Waals surface area contributed by atoms with Crippen LogP contribution in [-0.4, -0.2) is 37.2 Å². The molecule has 0 radical (unpaired) electrons. The molecule has 460 valence electrons. The maximum Gasteiger partial charge on any atom is 0.306 e. The largest absolute Gasteiger partial charge is 0.462 e. The molecule has 0 saturated heterocycles. The molecule has 79 heavy (non-hydrogen) atoms. The molecule has 0 saturated carbocycles. The average Bonchev–Trinajstić information content (AvgIpc) is 3.45. The van der Waals surface area contributed by atoms with Crippen LogP contribution in [0.25, 0.3) is 0 Å². The van der Waals surface area contributed by atoms with Gasteiger partial charge in [0.1, 0.15) is 13.2 Å². The molecule has 0 aliphatic rings. The summed E-state index contributed by atoms with van der Waals surface area (Å²) in [5.74, 6) is -0.854. The maximum absolute atomic E-state index is 12.9. The van der Waals surface area contributed by atoms with Crippen LogP contribution in [-0.2, 0) is 28.6 Å². The number of ether oxygens (including phenoxy) is 3. The lowest BCUT2D eigenvalue weighted by atomic mass is 10.0. The summed E-state index contributed by atoms with van der Waals surface area (Å²) in [5, 5.41) is 0. The molecule has 0 heterocycles. The van der Waals surface area contributed by atoms with Gasteiger partial charge in [-0.3, -0.25) is 14.4 Å². The summed E-state index contributed by atoms with van der Waals surface area (Å²) in [6.45, 7) is 6.57. The van der Waals surface area contributed by atoms with E-state index in [1.54, 1.807) is 0 Å². The topological polar surface area (TPSA) is 78.9 Å². The van der Waals surface area contributed by atoms with E-state index in [9.17, 15) is 14.4 Å². The molecule has 6 heteroatoms. The molecule has 0 spiro atoms. The van der Waals surface area contributed by atoms with Gasteiger partial charge in [-0.2, -0.15) is 0 Å². The SMILES string of the molecule is CC/C=C\C/C=C\C/C=C\C/C=C\CCCCCCCCCCCCC(=O)OC(COC(=O)CCCCCCCCCCCCC)COC(=O)CCCCCCCCCCCCCCCCC/C=C\CCCCCCCCCC. The van der Waals surface area contributed by atoms with E-state index < -0.39 is 6.10 Å². The fraction of sp³-hybridized carbons (Fsp3) is 0.822. The molecule has 0 amide bonds. The van der Waals surface area contributed by atoms with E-state index in [1.165, 1.54) is 244 Å². The molecular weight excluding hydrogens is 973 g/mol. The molecule has 0 aliphatic heterocycles. The van der Waals surface area contributed by atoms with Crippen molar-refractivity contribution in [3.05, 3.63) is 60.8 Å². The predicted octanol–water partition coefficient (Wildman–Crippen LogP) is 23.9. The van der Waals surface area contributed by atoms with E-state index >= 15 is 0 Å². The van der Waals surface area contributed by atoms with E-state index in [2.05, 4.69) is 81.5 Å². The fourth-order valence-corrected chi connectivity index (χ4v) is 10.3. The number of rotatable bonds is 64. The fourth-order valence-electron chi connectivity index (χ4n) is 10.3. The minimum Gasteiger partial charge on any atom is -0.462 e. The van der Waals surface area contributed by atoms with Crippen LogP contribution in [0, 0.1) is 0 Å². The van der Waals surface area contributed by atoms with Crippen molar-refractivity contribution >= 4 is 17.9 Å². The Hall–Kier alpha value is -2.89. The normalized spacial score (nSPS) is 12.4. The van der Waals surface area contributed by atoms with Crippen LogP contribution in [0.15, 0.2) is 60.8 Å². The van der Waals surface area contributed by atoms with Crippen molar-refractivity contribution in [2.75, 3.05) is 13.2 Å². The first-order valence-corrected chi connectivity index (χ1v) is 34.8. The van der Waals surface area contributed by atoms with Crippen molar-refractivity contribution in [1.82, 2.24) is 0 Å². The molecule has 0 fully saturated rings. The Balaban J connectivity index is 4.20. The Morgan fingerprint density at radius 3 is 0.785 bits per heavy atom. The van der Waals surface area contributed by atoms with E-state index in [1.807, 2.05) is 0 Å². The minimum absolute atomic E-state index is 0.0714. The first-order chi connectivity index (χ1) is 39.0. The molecule has 0 aromatic heterocycles. The van der Waals surface area contributed by atoms with Gasteiger partial charge in [0, 0.05) is 19.3 Å². The highest BCUT2D eigenvalue weighted by molar-refractivity contribution is 5.71. The van der Waals surface area contributed by atoms with Crippen LogP contribution in [0.1, 0.15) is 367 Å². The summed E-state index contributed by atoms with van der Waals surface area (Å²) in [6, 6.07) is 0. The first kappa shape index (κ1) is 76.1. The number of carbonyl (C=O) groups is 3. The van der Waals surface area contributed by atoms with Crippen LogP contribution in [0.2, 0.25) is 0 Å². The third kappa shape index (κ3) is 65.8. The molecule has 0 N–H and O–H groups in total. The zero-order chi connectivity index (χ0) is 57.1. The Kier molecular flexibility index (Phi) is 65.1. The molecule has 0 aromatic rings. The highest BCUT2D eigenvalue weighted by Crippen LogP contribution is 2.18. The second-order valence-electron chi connectivity index (χ2n) is 23.4. The van der Waals surface area contributed by atoms with Gasteiger partial charge in [0.15, 0.2) is 6.10 Å². The zero-order valence-corrected chi connectivity index (χ0v) is 52.9. The highest BCUT2D eigenvalue weighted by atomic mass is 16.6. The number of esters is 3. The third-order valence-corrected chi connectivity index (χ3v) is 15.5. The number of allylic oxidation sites excluding steroid dienone is 10. The number of hydrogen-bond donors (Lipinski definition) is 0. The monoisotopic (exact) mass is 1110 g/mol. The number of hydrogen-bond acceptors (Lipinski definition) is 6. The van der Waals surface area contributed by atoms with Gasteiger partial charge in [-0.05, 0) is 83.5 Å². The molecule has 0 aliphatic carbocycles. The van der Waals surface area contributed by atoms with Crippen molar-refractivity contribution in [2.45, 2.75) is 374 Å².